The Kier molecular flexibility index (Phi) is 65.8. The minimum Gasteiger partial charge on any atom is -0.394 e. The molecule has 0 aliphatic carbocycles. The molecule has 3 heterocycles. The summed E-state index contributed by atoms with van der Waals surface area (Å²) in [7, 11) is 0. The molecule has 0 aromatic rings. The first-order valence-corrected chi connectivity index (χ1v) is 45.7. The maximum Gasteiger partial charge on any atom is 0.220 e. The molecule has 0 bridgehead atoms. The fourth-order valence-corrected chi connectivity index (χ4v) is 15.3. The third kappa shape index (κ3) is 49.9. The third-order valence-electron chi connectivity index (χ3n) is 22.5. The molecule has 3 aliphatic rings. The van der Waals surface area contributed by atoms with E-state index in [-0.39, 0.29) is 18.9 Å². The third-order valence-corrected chi connectivity index (χ3v) is 22.5. The number of hydrogen-bond acceptors (Lipinski definition) is 18. The predicted molar refractivity (Wildman–Crippen MR) is 448 cm³/mol. The van der Waals surface area contributed by atoms with Gasteiger partial charge in [0.25, 0.3) is 0 Å². The standard InChI is InChI=1S/C92H167NO18/c1-3-5-7-9-11-13-15-17-19-21-23-25-27-29-30-31-32-33-34-35-36-37-38-39-40-41-42-43-44-46-48-50-52-54-56-58-60-62-64-66-68-70-80(98)93-75(76(97)69-67-65-63-61-59-57-55-53-51-49-47-45-28-26-24-22-20-18-16-14-12-10-8-6-4-2)74-106-90-86(104)83(101)88(78(72-95)108-90)111-92-87(105)84(102)89(79(73-96)109-92)110-91-85(103)82(100)81(99)77(71-94)107-91/h5,7,11,13,17,19,23,25,29-30,32-33,75-79,81-92,94-97,99-105H,3-4,6,8-10,12,14-16,18,20-22,24,26-28,31,34-74H2,1-2H3,(H,93,98)/b7-5-,13-11-,19-17-,25-23-,30-29-,33-32-. The molecule has 0 radical (unpaired) electrons. The van der Waals surface area contributed by atoms with Gasteiger partial charge in [0.2, 0.25) is 5.91 Å². The number of unbranched alkanes of at least 4 members (excludes halogenated alkanes) is 46. The van der Waals surface area contributed by atoms with Gasteiger partial charge in [-0.05, 0) is 64.2 Å². The summed E-state index contributed by atoms with van der Waals surface area (Å²) >= 11 is 0. The summed E-state index contributed by atoms with van der Waals surface area (Å²) in [6.45, 7) is 1.74. The van der Waals surface area contributed by atoms with Crippen molar-refractivity contribution >= 4 is 5.91 Å². The van der Waals surface area contributed by atoms with Crippen LogP contribution in [0.15, 0.2) is 72.9 Å². The van der Waals surface area contributed by atoms with Crippen LogP contribution >= 0.6 is 0 Å². The van der Waals surface area contributed by atoms with Crippen molar-refractivity contribution in [2.75, 3.05) is 26.4 Å². The van der Waals surface area contributed by atoms with Crippen molar-refractivity contribution in [1.29, 1.82) is 0 Å². The smallest absolute Gasteiger partial charge is 0.220 e. The number of nitrogens with one attached hydrogen (secondary N) is 1. The second-order valence-electron chi connectivity index (χ2n) is 32.4. The topological polar surface area (TPSA) is 307 Å². The summed E-state index contributed by atoms with van der Waals surface area (Å²) in [5, 5.41) is 121. The molecular formula is C92H167NO18. The number of carbonyl (C=O) groups is 1. The average molecular weight is 1580 g/mol. The largest absolute Gasteiger partial charge is 0.394 e. The van der Waals surface area contributed by atoms with Crippen molar-refractivity contribution in [2.24, 2.45) is 0 Å². The van der Waals surface area contributed by atoms with E-state index in [0.717, 1.165) is 83.5 Å². The Morgan fingerprint density at radius 2 is 0.622 bits per heavy atom. The molecule has 0 spiro atoms. The normalized spacial score (nSPS) is 25.4. The van der Waals surface area contributed by atoms with Crippen molar-refractivity contribution in [2.45, 2.75) is 478 Å². The summed E-state index contributed by atoms with van der Waals surface area (Å²) in [6, 6.07) is -0.889. The van der Waals surface area contributed by atoms with Crippen molar-refractivity contribution in [1.82, 2.24) is 5.32 Å². The summed E-state index contributed by atoms with van der Waals surface area (Å²) in [4.78, 5) is 13.5. The number of hydrogen-bond donors (Lipinski definition) is 12. The Morgan fingerprint density at radius 3 is 0.973 bits per heavy atom. The number of ether oxygens (including phenoxy) is 6. The van der Waals surface area contributed by atoms with Crippen LogP contribution in [0, 0.1) is 0 Å². The van der Waals surface area contributed by atoms with E-state index in [1.165, 1.54) is 257 Å². The van der Waals surface area contributed by atoms with Crippen LogP contribution in [0.3, 0.4) is 0 Å². The zero-order valence-electron chi connectivity index (χ0n) is 69.9. The summed E-state index contributed by atoms with van der Waals surface area (Å²) in [6.07, 6.45) is 68.7. The van der Waals surface area contributed by atoms with E-state index in [2.05, 4.69) is 92.1 Å². The maximum absolute atomic E-state index is 13.5. The zero-order chi connectivity index (χ0) is 80.3. The molecule has 3 rings (SSSR count). The highest BCUT2D eigenvalue weighted by atomic mass is 16.8. The minimum absolute atomic E-state index is 0.236. The molecule has 111 heavy (non-hydrogen) atoms. The van der Waals surface area contributed by atoms with Gasteiger partial charge in [-0.15, -0.1) is 0 Å². The maximum atomic E-state index is 13.5. The molecule has 12 N–H and O–H groups in total. The number of amides is 1. The molecular weight excluding hydrogens is 1410 g/mol. The minimum atomic E-state index is -1.97. The summed E-state index contributed by atoms with van der Waals surface area (Å²) in [5.41, 5.74) is 0. The second-order valence-corrected chi connectivity index (χ2v) is 32.4. The Morgan fingerprint density at radius 1 is 0.333 bits per heavy atom. The molecule has 3 aliphatic heterocycles. The molecule has 17 atom stereocenters. The van der Waals surface area contributed by atoms with Crippen LogP contribution in [0.25, 0.3) is 0 Å². The Labute approximate surface area is 674 Å². The first-order valence-electron chi connectivity index (χ1n) is 45.7. The van der Waals surface area contributed by atoms with Gasteiger partial charge in [0, 0.05) is 6.42 Å². The first kappa shape index (κ1) is 102. The van der Waals surface area contributed by atoms with Gasteiger partial charge in [0.05, 0.1) is 38.6 Å². The Hall–Kier alpha value is -2.77. The molecule has 648 valence electrons. The van der Waals surface area contributed by atoms with Crippen LogP contribution in [-0.2, 0) is 33.2 Å². The monoisotopic (exact) mass is 1570 g/mol. The highest BCUT2D eigenvalue weighted by molar-refractivity contribution is 5.76. The van der Waals surface area contributed by atoms with E-state index < -0.39 is 124 Å². The SMILES string of the molecule is CC/C=C\C/C=C\C/C=C\C/C=C\C/C=C\C/C=C\CCCCCCCCCCCCCCCCCCCCCCCCC(=O)NC(COC1OC(CO)C(OC2OC(CO)C(OC3OC(CO)C(O)C(O)C3O)C(O)C2O)C(O)C1O)C(O)CCCCCCCCCCCCCCCCCCCCCCCCCCC. The lowest BCUT2D eigenvalue weighted by atomic mass is 9.96. The summed E-state index contributed by atoms with van der Waals surface area (Å²) < 4.78 is 34.6. The quantitative estimate of drug-likeness (QED) is 0.0199. The molecule has 3 saturated heterocycles. The van der Waals surface area contributed by atoms with Gasteiger partial charge in [0.1, 0.15) is 73.2 Å². The fourth-order valence-electron chi connectivity index (χ4n) is 15.3. The molecule has 1 amide bonds. The van der Waals surface area contributed by atoms with Crippen molar-refractivity contribution in [3.8, 4) is 0 Å². The van der Waals surface area contributed by atoms with Crippen LogP contribution in [0.1, 0.15) is 373 Å². The molecule has 17 unspecified atom stereocenters. The lowest BCUT2D eigenvalue weighted by Crippen LogP contribution is -2.66. The Balaban J connectivity index is 1.29. The van der Waals surface area contributed by atoms with Gasteiger partial charge in [-0.2, -0.15) is 0 Å². The Bertz CT molecular complexity index is 2280. The molecule has 3 fully saturated rings. The molecule has 0 saturated carbocycles. The molecule has 19 nitrogen and oxygen atoms in total. The average Bonchev–Trinajstić information content (AvgIpc) is 0.780. The van der Waals surface area contributed by atoms with Crippen LogP contribution in [0.5, 0.6) is 0 Å². The van der Waals surface area contributed by atoms with Crippen LogP contribution < -0.4 is 5.32 Å². The van der Waals surface area contributed by atoms with Crippen LogP contribution in [-0.4, -0.2) is 193 Å². The molecule has 19 heteroatoms. The fraction of sp³-hybridized carbons (Fsp3) is 0.859. The zero-order valence-corrected chi connectivity index (χ0v) is 69.9. The number of aliphatic hydroxyl groups excluding tert-OH is 11. The van der Waals surface area contributed by atoms with E-state index in [1.807, 2.05) is 0 Å². The predicted octanol–water partition coefficient (Wildman–Crippen LogP) is 17.5. The number of allylic oxidation sites excluding steroid dienone is 12. The van der Waals surface area contributed by atoms with Gasteiger partial charge in [-0.25, -0.2) is 0 Å². The van der Waals surface area contributed by atoms with Crippen LogP contribution in [0.2, 0.25) is 0 Å². The van der Waals surface area contributed by atoms with Crippen molar-refractivity contribution in [3.63, 3.8) is 0 Å². The van der Waals surface area contributed by atoms with Crippen LogP contribution in [0.4, 0.5) is 0 Å². The van der Waals surface area contributed by atoms with Gasteiger partial charge in [-0.3, -0.25) is 4.79 Å². The highest BCUT2D eigenvalue weighted by Gasteiger charge is 2.54. The van der Waals surface area contributed by atoms with Gasteiger partial charge in [0.15, 0.2) is 18.9 Å². The lowest BCUT2D eigenvalue weighted by molar-refractivity contribution is -0.379. The summed E-state index contributed by atoms with van der Waals surface area (Å²) in [5.74, 6) is -0.236. The van der Waals surface area contributed by atoms with Crippen molar-refractivity contribution in [3.05, 3.63) is 72.9 Å². The van der Waals surface area contributed by atoms with Gasteiger partial charge >= 0.3 is 0 Å². The lowest BCUT2D eigenvalue weighted by Gasteiger charge is -2.48. The van der Waals surface area contributed by atoms with E-state index >= 15 is 0 Å². The molecule has 0 aromatic heterocycles. The number of aliphatic hydroxyl groups is 11. The van der Waals surface area contributed by atoms with Crippen molar-refractivity contribution < 1.29 is 89.4 Å². The van der Waals surface area contributed by atoms with Gasteiger partial charge < -0.3 is 89.9 Å². The van der Waals surface area contributed by atoms with Gasteiger partial charge in [-0.1, -0.05) is 376 Å². The van der Waals surface area contributed by atoms with E-state index in [1.54, 1.807) is 0 Å². The highest BCUT2D eigenvalue weighted by Crippen LogP contribution is 2.34. The molecule has 0 aromatic carbocycles. The van der Waals surface area contributed by atoms with E-state index in [0.29, 0.717) is 12.8 Å². The van der Waals surface area contributed by atoms with E-state index in [4.69, 9.17) is 28.4 Å². The number of carbonyl (C=O) groups excluding carboxylic acids is 1. The first-order chi connectivity index (χ1) is 54.3. The second kappa shape index (κ2) is 71.3. The number of rotatable bonds is 74. The van der Waals surface area contributed by atoms with E-state index in [9.17, 15) is 61.0 Å².